The van der Waals surface area contributed by atoms with Gasteiger partial charge in [-0.05, 0) is 13.3 Å². The number of carboxylic acids is 1. The fourth-order valence-electron chi connectivity index (χ4n) is 1.95. The average Bonchev–Trinajstić information content (AvgIpc) is 2.73. The zero-order valence-electron chi connectivity index (χ0n) is 10.6. The zero-order chi connectivity index (χ0) is 14.2. The lowest BCUT2D eigenvalue weighted by Gasteiger charge is -2.06. The van der Waals surface area contributed by atoms with Gasteiger partial charge in [0, 0.05) is 20.0 Å². The molecule has 2 aromatic rings. The number of aromatic amines is 1. The van der Waals surface area contributed by atoms with Gasteiger partial charge in [0.05, 0.1) is 0 Å². The largest absolute Gasteiger partial charge is 0.481 e. The summed E-state index contributed by atoms with van der Waals surface area (Å²) in [7, 11) is 1.53. The summed E-state index contributed by atoms with van der Waals surface area (Å²) in [4.78, 5) is 41.5. The highest BCUT2D eigenvalue weighted by molar-refractivity contribution is 5.69. The summed E-state index contributed by atoms with van der Waals surface area (Å²) in [5.41, 5.74) is -0.393. The van der Waals surface area contributed by atoms with Crippen molar-refractivity contribution in [3.05, 3.63) is 26.7 Å². The van der Waals surface area contributed by atoms with Gasteiger partial charge in [-0.3, -0.25) is 18.7 Å². The number of aliphatic carboxylic acids is 1. The Balaban J connectivity index is 2.52. The molecule has 102 valence electrons. The number of aromatic nitrogens is 4. The maximum Gasteiger partial charge on any atom is 0.332 e. The highest BCUT2D eigenvalue weighted by Crippen LogP contribution is 2.03. The molecule has 0 aliphatic rings. The first-order chi connectivity index (χ1) is 8.91. The van der Waals surface area contributed by atoms with Crippen molar-refractivity contribution in [2.45, 2.75) is 26.3 Å². The predicted octanol–water partition coefficient (Wildman–Crippen LogP) is -0.403. The second-order valence-electron chi connectivity index (χ2n) is 4.32. The van der Waals surface area contributed by atoms with Crippen LogP contribution >= 0.6 is 0 Å². The molecule has 0 atom stereocenters. The fourth-order valence-corrected chi connectivity index (χ4v) is 1.95. The highest BCUT2D eigenvalue weighted by Gasteiger charge is 2.14. The van der Waals surface area contributed by atoms with Gasteiger partial charge in [-0.2, -0.15) is 0 Å². The molecule has 2 heterocycles. The molecule has 0 saturated heterocycles. The normalized spacial score (nSPS) is 11.1. The van der Waals surface area contributed by atoms with Gasteiger partial charge in [0.1, 0.15) is 11.3 Å². The lowest BCUT2D eigenvalue weighted by Crippen LogP contribution is -2.39. The minimum atomic E-state index is -0.955. The standard InChI is InChI=1S/C11H14N4O4/c1-6-12-8-9(13-6)14(2)11(19)15(10(8)18)5-3-4-7(16)17/h3-5H2,1-2H3,(H,12,13)(H,16,17). The molecule has 0 radical (unpaired) electrons. The minimum Gasteiger partial charge on any atom is -0.481 e. The summed E-state index contributed by atoms with van der Waals surface area (Å²) in [5.74, 6) is -0.409. The van der Waals surface area contributed by atoms with Crippen molar-refractivity contribution >= 4 is 17.1 Å². The Bertz CT molecular complexity index is 752. The Labute approximate surface area is 107 Å². The van der Waals surface area contributed by atoms with Crippen molar-refractivity contribution in [1.82, 2.24) is 19.1 Å². The molecular weight excluding hydrogens is 252 g/mol. The van der Waals surface area contributed by atoms with Gasteiger partial charge in [0.15, 0.2) is 5.65 Å². The van der Waals surface area contributed by atoms with Gasteiger partial charge in [-0.15, -0.1) is 0 Å². The number of aryl methyl sites for hydroxylation is 2. The molecule has 2 N–H and O–H groups in total. The highest BCUT2D eigenvalue weighted by atomic mass is 16.4. The van der Waals surface area contributed by atoms with E-state index >= 15 is 0 Å². The Morgan fingerprint density at radius 3 is 2.74 bits per heavy atom. The first-order valence-electron chi connectivity index (χ1n) is 5.79. The van der Waals surface area contributed by atoms with Gasteiger partial charge >= 0.3 is 11.7 Å². The lowest BCUT2D eigenvalue weighted by molar-refractivity contribution is -0.137. The quantitative estimate of drug-likeness (QED) is 0.782. The van der Waals surface area contributed by atoms with Crippen molar-refractivity contribution < 1.29 is 9.90 Å². The summed E-state index contributed by atoms with van der Waals surface area (Å²) >= 11 is 0. The number of carboxylic acid groups (broad SMARTS) is 1. The van der Waals surface area contributed by atoms with Crippen LogP contribution < -0.4 is 11.2 Å². The molecule has 0 bridgehead atoms. The Hall–Kier alpha value is -2.38. The molecule has 0 unspecified atom stereocenters. The van der Waals surface area contributed by atoms with Crippen LogP contribution in [0.25, 0.3) is 11.2 Å². The molecule has 19 heavy (non-hydrogen) atoms. The van der Waals surface area contributed by atoms with Crippen molar-refractivity contribution in [3.63, 3.8) is 0 Å². The first kappa shape index (κ1) is 13.1. The number of hydrogen-bond donors (Lipinski definition) is 2. The first-order valence-corrected chi connectivity index (χ1v) is 5.79. The summed E-state index contributed by atoms with van der Waals surface area (Å²) in [6.45, 7) is 1.77. The van der Waals surface area contributed by atoms with Crippen LogP contribution in [-0.2, 0) is 18.4 Å². The predicted molar refractivity (Wildman–Crippen MR) is 67.2 cm³/mol. The monoisotopic (exact) mass is 266 g/mol. The van der Waals surface area contributed by atoms with Crippen LogP contribution in [0.1, 0.15) is 18.7 Å². The smallest absolute Gasteiger partial charge is 0.332 e. The van der Waals surface area contributed by atoms with Crippen LogP contribution in [0.4, 0.5) is 0 Å². The van der Waals surface area contributed by atoms with Gasteiger partial charge in [-0.1, -0.05) is 0 Å². The molecular formula is C11H14N4O4. The third kappa shape index (κ3) is 2.28. The SMILES string of the molecule is Cc1nc2c([nH]1)c(=O)n(CCCC(=O)O)c(=O)n2C. The molecule has 8 nitrogen and oxygen atoms in total. The number of fused-ring (bicyclic) bond motifs is 1. The number of nitrogens with zero attached hydrogens (tertiary/aromatic N) is 3. The van der Waals surface area contributed by atoms with E-state index in [4.69, 9.17) is 5.11 Å². The van der Waals surface area contributed by atoms with Gasteiger partial charge in [0.25, 0.3) is 5.56 Å². The maximum atomic E-state index is 12.1. The molecule has 8 heteroatoms. The fraction of sp³-hybridized carbons (Fsp3) is 0.455. The summed E-state index contributed by atoms with van der Waals surface area (Å²) in [6.07, 6.45) is 0.138. The number of H-pyrrole nitrogens is 1. The summed E-state index contributed by atoms with van der Waals surface area (Å²) in [6, 6.07) is 0. The van der Waals surface area contributed by atoms with Crippen LogP contribution in [0.3, 0.4) is 0 Å². The molecule has 2 rings (SSSR count). The molecule has 0 aromatic carbocycles. The Morgan fingerprint density at radius 2 is 2.11 bits per heavy atom. The Morgan fingerprint density at radius 1 is 1.42 bits per heavy atom. The number of nitrogens with one attached hydrogen (secondary N) is 1. The van der Waals surface area contributed by atoms with E-state index in [0.29, 0.717) is 11.5 Å². The molecule has 0 fully saturated rings. The molecule has 0 spiro atoms. The maximum absolute atomic E-state index is 12.1. The van der Waals surface area contributed by atoms with E-state index in [1.165, 1.54) is 11.6 Å². The third-order valence-electron chi connectivity index (χ3n) is 2.87. The minimum absolute atomic E-state index is 0.0752. The van der Waals surface area contributed by atoms with Crippen molar-refractivity contribution in [2.24, 2.45) is 7.05 Å². The number of imidazole rings is 1. The van der Waals surface area contributed by atoms with Gasteiger partial charge < -0.3 is 10.1 Å². The zero-order valence-corrected chi connectivity index (χ0v) is 10.6. The topological polar surface area (TPSA) is 110 Å². The van der Waals surface area contributed by atoms with E-state index in [-0.39, 0.29) is 24.9 Å². The van der Waals surface area contributed by atoms with Crippen LogP contribution in [-0.4, -0.2) is 30.2 Å². The van der Waals surface area contributed by atoms with Crippen LogP contribution in [0.5, 0.6) is 0 Å². The van der Waals surface area contributed by atoms with Crippen LogP contribution in [0.15, 0.2) is 9.59 Å². The average molecular weight is 266 g/mol. The number of rotatable bonds is 4. The van der Waals surface area contributed by atoms with Crippen LogP contribution in [0, 0.1) is 6.92 Å². The van der Waals surface area contributed by atoms with Crippen molar-refractivity contribution in [3.8, 4) is 0 Å². The lowest BCUT2D eigenvalue weighted by atomic mass is 10.3. The second-order valence-corrected chi connectivity index (χ2v) is 4.32. The number of carbonyl (C=O) groups is 1. The van der Waals surface area contributed by atoms with E-state index in [9.17, 15) is 14.4 Å². The van der Waals surface area contributed by atoms with E-state index in [1.54, 1.807) is 6.92 Å². The van der Waals surface area contributed by atoms with Crippen molar-refractivity contribution in [2.75, 3.05) is 0 Å². The van der Waals surface area contributed by atoms with Gasteiger partial charge in [-0.25, -0.2) is 9.78 Å². The van der Waals surface area contributed by atoms with E-state index < -0.39 is 17.2 Å². The van der Waals surface area contributed by atoms with E-state index in [2.05, 4.69) is 9.97 Å². The van der Waals surface area contributed by atoms with Gasteiger partial charge in [0.2, 0.25) is 0 Å². The number of hydrogen-bond acceptors (Lipinski definition) is 4. The van der Waals surface area contributed by atoms with E-state index in [1.807, 2.05) is 0 Å². The van der Waals surface area contributed by atoms with E-state index in [0.717, 1.165) is 4.57 Å². The third-order valence-corrected chi connectivity index (χ3v) is 2.87. The molecule has 0 aliphatic carbocycles. The molecule has 2 aromatic heterocycles. The van der Waals surface area contributed by atoms with Crippen LogP contribution in [0.2, 0.25) is 0 Å². The summed E-state index contributed by atoms with van der Waals surface area (Å²) in [5, 5.41) is 8.57. The molecule has 0 saturated carbocycles. The summed E-state index contributed by atoms with van der Waals surface area (Å²) < 4.78 is 2.31. The molecule has 0 amide bonds. The second kappa shape index (κ2) is 4.71. The Kier molecular flexibility index (Phi) is 3.24. The molecule has 0 aliphatic heterocycles. The van der Waals surface area contributed by atoms with Crippen molar-refractivity contribution in [1.29, 1.82) is 0 Å².